The zero-order chi connectivity index (χ0) is 17.7. The Morgan fingerprint density at radius 3 is 2.50 bits per heavy atom. The first kappa shape index (κ1) is 18.0. The third kappa shape index (κ3) is 4.36. The maximum absolute atomic E-state index is 12.3. The quantitative estimate of drug-likeness (QED) is 0.750. The van der Waals surface area contributed by atoms with Crippen LogP contribution in [0.25, 0.3) is 0 Å². The molecule has 0 radical (unpaired) electrons. The van der Waals surface area contributed by atoms with Gasteiger partial charge in [-0.15, -0.1) is 0 Å². The highest BCUT2D eigenvalue weighted by Crippen LogP contribution is 2.15. The molecule has 1 aromatic carbocycles. The van der Waals surface area contributed by atoms with Crippen LogP contribution in [-0.2, 0) is 23.6 Å². The first-order valence-corrected chi connectivity index (χ1v) is 8.99. The molecule has 2 rings (SSSR count). The summed E-state index contributed by atoms with van der Waals surface area (Å²) in [5.74, 6) is 0.0687. The van der Waals surface area contributed by atoms with Crippen LogP contribution >= 0.6 is 0 Å². The molecular weight excluding hydrogens is 330 g/mol. The van der Waals surface area contributed by atoms with E-state index in [2.05, 4.69) is 4.72 Å². The number of nitrogens with two attached hydrogens (primary N) is 1. The minimum atomic E-state index is -3.73. The molecule has 0 saturated heterocycles. The molecule has 0 spiro atoms. The highest BCUT2D eigenvalue weighted by molar-refractivity contribution is 7.89. The van der Waals surface area contributed by atoms with Crippen molar-refractivity contribution >= 4 is 15.9 Å². The van der Waals surface area contributed by atoms with Crippen molar-refractivity contribution in [1.82, 2.24) is 9.29 Å². The summed E-state index contributed by atoms with van der Waals surface area (Å²) in [7, 11) is -2.16. The summed E-state index contributed by atoms with van der Waals surface area (Å²) in [4.78, 5) is 11.2. The average molecular weight is 351 g/mol. The summed E-state index contributed by atoms with van der Waals surface area (Å²) in [6, 6.07) is 8.45. The second-order valence-corrected chi connectivity index (χ2v) is 7.12. The molecule has 1 amide bonds. The number of benzene rings is 1. The summed E-state index contributed by atoms with van der Waals surface area (Å²) >= 11 is 0. The number of hydrogen-bond donors (Lipinski definition) is 2. The van der Waals surface area contributed by atoms with E-state index in [0.717, 1.165) is 17.7 Å². The molecule has 0 fully saturated rings. The Labute approximate surface area is 141 Å². The SMILES string of the molecule is CCCOc1ccc(CNS(=O)(=O)c2cc(C(N)=O)n(C)c2)cc1. The van der Waals surface area contributed by atoms with Gasteiger partial charge in [0.05, 0.1) is 6.61 Å². The number of aryl methyl sites for hydroxylation is 1. The lowest BCUT2D eigenvalue weighted by molar-refractivity contribution is 0.0992. The molecule has 0 aliphatic carbocycles. The molecule has 130 valence electrons. The number of hydrogen-bond acceptors (Lipinski definition) is 4. The van der Waals surface area contributed by atoms with Gasteiger partial charge in [-0.2, -0.15) is 0 Å². The summed E-state index contributed by atoms with van der Waals surface area (Å²) in [6.45, 7) is 2.80. The monoisotopic (exact) mass is 351 g/mol. The second-order valence-electron chi connectivity index (χ2n) is 5.35. The molecule has 7 nitrogen and oxygen atoms in total. The maximum Gasteiger partial charge on any atom is 0.265 e. The summed E-state index contributed by atoms with van der Waals surface area (Å²) < 4.78 is 34.0. The van der Waals surface area contributed by atoms with E-state index >= 15 is 0 Å². The van der Waals surface area contributed by atoms with Gasteiger partial charge in [0.1, 0.15) is 16.3 Å². The minimum absolute atomic E-state index is 0.00157. The van der Waals surface area contributed by atoms with Crippen LogP contribution in [0.5, 0.6) is 5.75 Å². The smallest absolute Gasteiger partial charge is 0.265 e. The minimum Gasteiger partial charge on any atom is -0.494 e. The summed E-state index contributed by atoms with van der Waals surface area (Å²) in [5, 5.41) is 0. The lowest BCUT2D eigenvalue weighted by atomic mass is 10.2. The molecule has 0 aliphatic heterocycles. The molecule has 0 bridgehead atoms. The van der Waals surface area contributed by atoms with Crippen LogP contribution in [-0.4, -0.2) is 25.5 Å². The van der Waals surface area contributed by atoms with Crippen LogP contribution in [0, 0.1) is 0 Å². The number of nitrogens with one attached hydrogen (secondary N) is 1. The Morgan fingerprint density at radius 2 is 1.96 bits per heavy atom. The van der Waals surface area contributed by atoms with Gasteiger partial charge >= 0.3 is 0 Å². The molecule has 24 heavy (non-hydrogen) atoms. The van der Waals surface area contributed by atoms with Crippen LogP contribution in [0.3, 0.4) is 0 Å². The Morgan fingerprint density at radius 1 is 1.29 bits per heavy atom. The molecule has 0 saturated carbocycles. The molecule has 2 aromatic rings. The standard InChI is InChI=1S/C16H21N3O4S/c1-3-8-23-13-6-4-12(5-7-13)10-18-24(21,22)14-9-15(16(17)20)19(2)11-14/h4-7,9,11,18H,3,8,10H2,1-2H3,(H2,17,20). The maximum atomic E-state index is 12.3. The van der Waals surface area contributed by atoms with E-state index in [0.29, 0.717) is 6.61 Å². The molecular formula is C16H21N3O4S. The van der Waals surface area contributed by atoms with Gasteiger partial charge in [0.2, 0.25) is 10.0 Å². The summed E-state index contributed by atoms with van der Waals surface area (Å²) in [5.41, 5.74) is 6.13. The number of rotatable bonds is 8. The van der Waals surface area contributed by atoms with Crippen LogP contribution < -0.4 is 15.2 Å². The normalized spacial score (nSPS) is 11.4. The van der Waals surface area contributed by atoms with E-state index in [1.54, 1.807) is 31.3 Å². The highest BCUT2D eigenvalue weighted by Gasteiger charge is 2.19. The molecule has 0 aliphatic rings. The van der Waals surface area contributed by atoms with Crippen molar-refractivity contribution in [3.63, 3.8) is 0 Å². The topological polar surface area (TPSA) is 103 Å². The molecule has 1 heterocycles. The fourth-order valence-electron chi connectivity index (χ4n) is 2.11. The second kappa shape index (κ2) is 7.50. The number of carbonyl (C=O) groups excluding carboxylic acids is 1. The fourth-order valence-corrected chi connectivity index (χ4v) is 3.20. The van der Waals surface area contributed by atoms with Gasteiger partial charge < -0.3 is 15.0 Å². The van der Waals surface area contributed by atoms with E-state index in [9.17, 15) is 13.2 Å². The van der Waals surface area contributed by atoms with Gasteiger partial charge in [-0.05, 0) is 30.2 Å². The number of amides is 1. The largest absolute Gasteiger partial charge is 0.494 e. The van der Waals surface area contributed by atoms with Crippen LogP contribution in [0.15, 0.2) is 41.4 Å². The van der Waals surface area contributed by atoms with Gasteiger partial charge in [-0.3, -0.25) is 4.79 Å². The van der Waals surface area contributed by atoms with E-state index in [1.165, 1.54) is 16.8 Å². The third-order valence-electron chi connectivity index (χ3n) is 3.41. The molecule has 8 heteroatoms. The molecule has 1 aromatic heterocycles. The Balaban J connectivity index is 2.04. The van der Waals surface area contributed by atoms with Crippen molar-refractivity contribution in [3.8, 4) is 5.75 Å². The first-order valence-electron chi connectivity index (χ1n) is 7.51. The van der Waals surface area contributed by atoms with Crippen LogP contribution in [0.2, 0.25) is 0 Å². The average Bonchev–Trinajstić information content (AvgIpc) is 2.95. The van der Waals surface area contributed by atoms with Gasteiger partial charge in [0.25, 0.3) is 5.91 Å². The fraction of sp³-hybridized carbons (Fsp3) is 0.312. The van der Waals surface area contributed by atoms with Crippen molar-refractivity contribution in [3.05, 3.63) is 47.8 Å². The van der Waals surface area contributed by atoms with Crippen LogP contribution in [0.4, 0.5) is 0 Å². The van der Waals surface area contributed by atoms with E-state index in [-0.39, 0.29) is 17.1 Å². The van der Waals surface area contributed by atoms with E-state index in [1.807, 2.05) is 6.92 Å². The number of carbonyl (C=O) groups is 1. The van der Waals surface area contributed by atoms with E-state index in [4.69, 9.17) is 10.5 Å². The van der Waals surface area contributed by atoms with Gasteiger partial charge in [0.15, 0.2) is 0 Å². The Bertz CT molecular complexity index is 810. The number of aromatic nitrogens is 1. The van der Waals surface area contributed by atoms with Crippen molar-refractivity contribution < 1.29 is 17.9 Å². The van der Waals surface area contributed by atoms with E-state index < -0.39 is 15.9 Å². The van der Waals surface area contributed by atoms with Gasteiger partial charge in [0, 0.05) is 19.8 Å². The first-order chi connectivity index (χ1) is 11.3. The van der Waals surface area contributed by atoms with Gasteiger partial charge in [-0.1, -0.05) is 19.1 Å². The molecule has 3 N–H and O–H groups in total. The number of primary amides is 1. The van der Waals surface area contributed by atoms with Crippen molar-refractivity contribution in [2.24, 2.45) is 12.8 Å². The number of nitrogens with zero attached hydrogens (tertiary/aromatic N) is 1. The highest BCUT2D eigenvalue weighted by atomic mass is 32.2. The zero-order valence-electron chi connectivity index (χ0n) is 13.7. The lowest BCUT2D eigenvalue weighted by Crippen LogP contribution is -2.22. The number of sulfonamides is 1. The van der Waals surface area contributed by atoms with Crippen molar-refractivity contribution in [2.45, 2.75) is 24.8 Å². The van der Waals surface area contributed by atoms with Crippen LogP contribution in [0.1, 0.15) is 29.4 Å². The van der Waals surface area contributed by atoms with Gasteiger partial charge in [-0.25, -0.2) is 13.1 Å². The van der Waals surface area contributed by atoms with Crippen molar-refractivity contribution in [2.75, 3.05) is 6.61 Å². The summed E-state index contributed by atoms with van der Waals surface area (Å²) in [6.07, 6.45) is 2.27. The lowest BCUT2D eigenvalue weighted by Gasteiger charge is -2.07. The predicted octanol–water partition coefficient (Wildman–Crippen LogP) is 1.39. The third-order valence-corrected chi connectivity index (χ3v) is 4.77. The Hall–Kier alpha value is -2.32. The molecule has 0 unspecified atom stereocenters. The number of ether oxygens (including phenoxy) is 1. The van der Waals surface area contributed by atoms with Crippen molar-refractivity contribution in [1.29, 1.82) is 0 Å². The predicted molar refractivity (Wildman–Crippen MR) is 90.2 cm³/mol. The molecule has 0 atom stereocenters. The zero-order valence-corrected chi connectivity index (χ0v) is 14.5. The Kier molecular flexibility index (Phi) is 5.63.